The summed E-state index contributed by atoms with van der Waals surface area (Å²) in [6, 6.07) is 9.63. The molecule has 4 nitrogen and oxygen atoms in total. The molecule has 3 rings (SSSR count). The predicted molar refractivity (Wildman–Crippen MR) is 108 cm³/mol. The van der Waals surface area contributed by atoms with Gasteiger partial charge in [-0.3, -0.25) is 4.21 Å². The molecule has 1 aromatic rings. The average molecular weight is 395 g/mol. The molecule has 1 heterocycles. The third kappa shape index (κ3) is 5.00. The van der Waals surface area contributed by atoms with Crippen LogP contribution in [0.1, 0.15) is 58.3 Å². The molecule has 2 aliphatic rings. The first-order valence-electron chi connectivity index (χ1n) is 10.5. The second-order valence-corrected chi connectivity index (χ2v) is 9.58. The highest BCUT2D eigenvalue weighted by Gasteiger charge is 2.50. The van der Waals surface area contributed by atoms with Crippen molar-refractivity contribution < 1.29 is 18.8 Å². The maximum Gasteiger partial charge on any atom is 0.157 e. The Morgan fingerprint density at radius 3 is 2.70 bits per heavy atom. The molecule has 152 valence electrons. The van der Waals surface area contributed by atoms with E-state index in [-0.39, 0.29) is 23.6 Å². The number of hydrogen-bond acceptors (Lipinski definition) is 4. The maximum absolute atomic E-state index is 13.5. The van der Waals surface area contributed by atoms with Gasteiger partial charge in [0.2, 0.25) is 0 Å². The molecular formula is C22H34O4S. The summed E-state index contributed by atoms with van der Waals surface area (Å²) in [5, 5.41) is 10.8. The summed E-state index contributed by atoms with van der Waals surface area (Å²) in [6.07, 6.45) is 7.50. The zero-order valence-corrected chi connectivity index (χ0v) is 17.4. The molecule has 1 aliphatic carbocycles. The Morgan fingerprint density at radius 2 is 2.00 bits per heavy atom. The summed E-state index contributed by atoms with van der Waals surface area (Å²) in [4.78, 5) is 0.820. The summed E-state index contributed by atoms with van der Waals surface area (Å²) in [5.74, 6) is 0.551. The fourth-order valence-corrected chi connectivity index (χ4v) is 6.65. The SMILES string of the molecule is CCCCCCC(O)C(C1CC[C@H]2OC(OC)C[C@@H]12)S(=O)c1ccccc1. The van der Waals surface area contributed by atoms with E-state index in [2.05, 4.69) is 6.92 Å². The van der Waals surface area contributed by atoms with Crippen LogP contribution in [0.15, 0.2) is 35.2 Å². The fourth-order valence-electron chi connectivity index (χ4n) is 4.83. The third-order valence-corrected chi connectivity index (χ3v) is 8.14. The van der Waals surface area contributed by atoms with Gasteiger partial charge in [-0.25, -0.2) is 0 Å². The van der Waals surface area contributed by atoms with Crippen LogP contribution in [-0.2, 0) is 20.3 Å². The number of fused-ring (bicyclic) bond motifs is 1. The molecule has 1 saturated carbocycles. The molecule has 1 aromatic carbocycles. The second kappa shape index (κ2) is 10.1. The smallest absolute Gasteiger partial charge is 0.157 e. The Labute approximate surface area is 166 Å². The number of aliphatic hydroxyl groups is 1. The lowest BCUT2D eigenvalue weighted by atomic mass is 9.86. The molecule has 2 fully saturated rings. The minimum atomic E-state index is -1.22. The van der Waals surface area contributed by atoms with E-state index >= 15 is 0 Å². The number of hydrogen-bond donors (Lipinski definition) is 1. The number of unbranched alkanes of at least 4 members (excludes halogenated alkanes) is 3. The Hall–Kier alpha value is -0.750. The molecule has 1 aliphatic heterocycles. The van der Waals surface area contributed by atoms with E-state index in [1.54, 1.807) is 7.11 Å². The van der Waals surface area contributed by atoms with Crippen LogP contribution in [0.5, 0.6) is 0 Å². The first-order valence-corrected chi connectivity index (χ1v) is 11.7. The Balaban J connectivity index is 1.76. The van der Waals surface area contributed by atoms with Gasteiger partial charge in [0.05, 0.1) is 28.3 Å². The van der Waals surface area contributed by atoms with E-state index in [9.17, 15) is 9.32 Å². The van der Waals surface area contributed by atoms with Crippen LogP contribution in [0.4, 0.5) is 0 Å². The lowest BCUT2D eigenvalue weighted by Gasteiger charge is -2.31. The van der Waals surface area contributed by atoms with E-state index < -0.39 is 16.9 Å². The monoisotopic (exact) mass is 394 g/mol. The Bertz CT molecular complexity index is 593. The average Bonchev–Trinajstić information content (AvgIpc) is 3.27. The quantitative estimate of drug-likeness (QED) is 0.602. The van der Waals surface area contributed by atoms with Crippen molar-refractivity contribution in [2.24, 2.45) is 11.8 Å². The van der Waals surface area contributed by atoms with Crippen molar-refractivity contribution in [1.29, 1.82) is 0 Å². The third-order valence-electron chi connectivity index (χ3n) is 6.24. The zero-order valence-electron chi connectivity index (χ0n) is 16.6. The van der Waals surface area contributed by atoms with Gasteiger partial charge in [-0.2, -0.15) is 0 Å². The molecule has 0 radical (unpaired) electrons. The van der Waals surface area contributed by atoms with Crippen LogP contribution in [0, 0.1) is 11.8 Å². The number of ether oxygens (including phenoxy) is 2. The minimum Gasteiger partial charge on any atom is -0.392 e. The molecule has 0 aromatic heterocycles. The van der Waals surface area contributed by atoms with Crippen LogP contribution in [-0.4, -0.2) is 40.2 Å². The number of benzene rings is 1. The second-order valence-electron chi connectivity index (χ2n) is 7.97. The van der Waals surface area contributed by atoms with Crippen LogP contribution in [0.25, 0.3) is 0 Å². The summed E-state index contributed by atoms with van der Waals surface area (Å²) in [7, 11) is 0.466. The van der Waals surface area contributed by atoms with Gasteiger partial charge >= 0.3 is 0 Å². The fraction of sp³-hybridized carbons (Fsp3) is 0.727. The van der Waals surface area contributed by atoms with E-state index in [1.165, 1.54) is 12.8 Å². The van der Waals surface area contributed by atoms with Gasteiger partial charge in [0.25, 0.3) is 0 Å². The first-order chi connectivity index (χ1) is 13.2. The van der Waals surface area contributed by atoms with Gasteiger partial charge < -0.3 is 14.6 Å². The molecule has 1 saturated heterocycles. The highest BCUT2D eigenvalue weighted by Crippen LogP contribution is 2.47. The summed E-state index contributed by atoms with van der Waals surface area (Å²) >= 11 is 0. The van der Waals surface area contributed by atoms with Crippen molar-refractivity contribution in [2.75, 3.05) is 7.11 Å². The molecule has 5 unspecified atom stereocenters. The van der Waals surface area contributed by atoms with Crippen molar-refractivity contribution in [2.45, 2.75) is 86.9 Å². The van der Waals surface area contributed by atoms with Gasteiger partial charge in [0, 0.05) is 18.4 Å². The van der Waals surface area contributed by atoms with Gasteiger partial charge in [0.15, 0.2) is 6.29 Å². The summed E-state index contributed by atoms with van der Waals surface area (Å²) in [5.41, 5.74) is 0. The zero-order chi connectivity index (χ0) is 19.2. The highest BCUT2D eigenvalue weighted by molar-refractivity contribution is 7.85. The van der Waals surface area contributed by atoms with E-state index in [1.807, 2.05) is 30.3 Å². The van der Waals surface area contributed by atoms with Crippen molar-refractivity contribution >= 4 is 10.8 Å². The Morgan fingerprint density at radius 1 is 1.22 bits per heavy atom. The van der Waals surface area contributed by atoms with Gasteiger partial charge in [-0.15, -0.1) is 0 Å². The lowest BCUT2D eigenvalue weighted by molar-refractivity contribution is -0.114. The van der Waals surface area contributed by atoms with E-state index in [0.717, 1.165) is 43.4 Å². The molecule has 1 N–H and O–H groups in total. The van der Waals surface area contributed by atoms with Crippen molar-refractivity contribution in [3.63, 3.8) is 0 Å². The van der Waals surface area contributed by atoms with Crippen molar-refractivity contribution in [3.05, 3.63) is 30.3 Å². The minimum absolute atomic E-state index is 0.157. The summed E-state index contributed by atoms with van der Waals surface area (Å²) < 4.78 is 24.9. The van der Waals surface area contributed by atoms with Crippen LogP contribution in [0.2, 0.25) is 0 Å². The molecule has 7 atom stereocenters. The van der Waals surface area contributed by atoms with E-state index in [0.29, 0.717) is 5.92 Å². The van der Waals surface area contributed by atoms with Gasteiger partial charge in [0.1, 0.15) is 0 Å². The van der Waals surface area contributed by atoms with Crippen molar-refractivity contribution in [3.8, 4) is 0 Å². The van der Waals surface area contributed by atoms with Crippen LogP contribution in [0.3, 0.4) is 0 Å². The normalized spacial score (nSPS) is 30.8. The van der Waals surface area contributed by atoms with Crippen LogP contribution < -0.4 is 0 Å². The van der Waals surface area contributed by atoms with Crippen LogP contribution >= 0.6 is 0 Å². The molecular weight excluding hydrogens is 360 g/mol. The molecule has 0 bridgehead atoms. The molecule has 5 heteroatoms. The van der Waals surface area contributed by atoms with Gasteiger partial charge in [-0.1, -0.05) is 50.8 Å². The molecule has 0 spiro atoms. The number of aliphatic hydroxyl groups excluding tert-OH is 1. The highest BCUT2D eigenvalue weighted by atomic mass is 32.2. The molecule has 0 amide bonds. The number of methoxy groups -OCH3 is 1. The van der Waals surface area contributed by atoms with Crippen molar-refractivity contribution in [1.82, 2.24) is 0 Å². The number of rotatable bonds is 10. The summed E-state index contributed by atoms with van der Waals surface area (Å²) in [6.45, 7) is 2.19. The lowest BCUT2D eigenvalue weighted by Crippen LogP contribution is -2.40. The largest absolute Gasteiger partial charge is 0.392 e. The van der Waals surface area contributed by atoms with Gasteiger partial charge in [-0.05, 0) is 43.2 Å². The topological polar surface area (TPSA) is 55.8 Å². The Kier molecular flexibility index (Phi) is 7.88. The standard InChI is InChI=1S/C22H34O4S/c1-3-4-5-9-12-19(23)22(27(24)16-10-7-6-8-11-16)17-13-14-20-18(17)15-21(25-2)26-20/h6-8,10-11,17-23H,3-5,9,12-15H2,1-2H3/t17?,18-,19?,20+,21?,22?,27?/m0/s1. The van der Waals surface area contributed by atoms with E-state index in [4.69, 9.17) is 9.47 Å². The first kappa shape index (κ1) is 21.0. The maximum atomic E-state index is 13.5. The predicted octanol–water partition coefficient (Wildman–Crippen LogP) is 4.28. The molecule has 27 heavy (non-hydrogen) atoms.